The molecule has 8 heteroatoms. The minimum absolute atomic E-state index is 0.0232. The molecule has 0 saturated heterocycles. The smallest absolute Gasteiger partial charge is 0.337 e. The molecule has 0 aliphatic heterocycles. The van der Waals surface area contributed by atoms with Crippen molar-refractivity contribution < 1.29 is 9.31 Å². The molecule has 0 aliphatic carbocycles. The Bertz CT molecular complexity index is 661. The number of anilines is 1. The quantitative estimate of drug-likeness (QED) is 0.673. The van der Waals surface area contributed by atoms with Crippen molar-refractivity contribution in [3.63, 3.8) is 0 Å². The van der Waals surface area contributed by atoms with Gasteiger partial charge in [0, 0.05) is 17.1 Å². The van der Waals surface area contributed by atoms with Crippen molar-refractivity contribution in [1.82, 2.24) is 9.97 Å². The molecule has 1 aromatic carbocycles. The molecule has 6 nitrogen and oxygen atoms in total. The predicted molar refractivity (Wildman–Crippen MR) is 77.9 cm³/mol. The largest absolute Gasteiger partial charge is 0.364 e. The number of nitro groups is 1. The average Bonchev–Trinajstić information content (AvgIpc) is 2.43. The van der Waals surface area contributed by atoms with Crippen LogP contribution in [0.25, 0.3) is 11.3 Å². The van der Waals surface area contributed by atoms with E-state index in [1.54, 1.807) is 0 Å². The van der Waals surface area contributed by atoms with E-state index in [0.717, 1.165) is 18.6 Å². The Labute approximate surface area is 125 Å². The number of hydrogen-bond acceptors (Lipinski definition) is 5. The number of nitrogens with zero attached hydrogens (tertiary/aromatic N) is 3. The lowest BCUT2D eigenvalue weighted by Crippen LogP contribution is -2.07. The molecule has 0 aliphatic rings. The van der Waals surface area contributed by atoms with Crippen molar-refractivity contribution in [2.45, 2.75) is 13.3 Å². The molecule has 0 radical (unpaired) electrons. The van der Waals surface area contributed by atoms with Crippen molar-refractivity contribution in [2.24, 2.45) is 0 Å². The molecular weight excluding hydrogens is 299 g/mol. The van der Waals surface area contributed by atoms with E-state index in [1.165, 1.54) is 12.4 Å². The van der Waals surface area contributed by atoms with Crippen molar-refractivity contribution in [2.75, 3.05) is 11.9 Å². The summed E-state index contributed by atoms with van der Waals surface area (Å²) in [4.78, 5) is 18.5. The zero-order valence-corrected chi connectivity index (χ0v) is 11.9. The molecule has 0 bridgehead atoms. The predicted octanol–water partition coefficient (Wildman–Crippen LogP) is 3.67. The maximum atomic E-state index is 13.4. The second-order valence-corrected chi connectivity index (χ2v) is 4.70. The standard InChI is InChI=1S/C13H12ClFN4O2/c1-2-3-16-13-12(19(20)21)11(17-7-18-13)8-4-9(14)6-10(15)5-8/h4-7H,2-3H2,1H3,(H,16,17,18). The molecule has 21 heavy (non-hydrogen) atoms. The molecule has 0 atom stereocenters. The van der Waals surface area contributed by atoms with Gasteiger partial charge in [0.05, 0.1) is 4.92 Å². The summed E-state index contributed by atoms with van der Waals surface area (Å²) >= 11 is 5.79. The molecule has 1 aromatic heterocycles. The zero-order valence-electron chi connectivity index (χ0n) is 11.1. The summed E-state index contributed by atoms with van der Waals surface area (Å²) in [5, 5.41) is 14.3. The summed E-state index contributed by atoms with van der Waals surface area (Å²) in [5.74, 6) is -0.485. The van der Waals surface area contributed by atoms with Crippen molar-refractivity contribution in [3.05, 3.63) is 45.5 Å². The molecule has 0 spiro atoms. The van der Waals surface area contributed by atoms with Crippen molar-refractivity contribution >= 4 is 23.1 Å². The van der Waals surface area contributed by atoms with Crippen LogP contribution in [0.3, 0.4) is 0 Å². The SMILES string of the molecule is CCCNc1ncnc(-c2cc(F)cc(Cl)c2)c1[N+](=O)[O-]. The highest BCUT2D eigenvalue weighted by atomic mass is 35.5. The Morgan fingerprint density at radius 2 is 2.14 bits per heavy atom. The first kappa shape index (κ1) is 15.1. The molecular formula is C13H12ClFN4O2. The molecule has 1 N–H and O–H groups in total. The number of halogens is 2. The normalized spacial score (nSPS) is 10.4. The van der Waals surface area contributed by atoms with Gasteiger partial charge < -0.3 is 5.32 Å². The summed E-state index contributed by atoms with van der Waals surface area (Å²) < 4.78 is 13.4. The lowest BCUT2D eigenvalue weighted by Gasteiger charge is -2.08. The Hall–Kier alpha value is -2.28. The summed E-state index contributed by atoms with van der Waals surface area (Å²) in [5.41, 5.74) is -0.0451. The van der Waals surface area contributed by atoms with Gasteiger partial charge >= 0.3 is 5.69 Å². The number of benzene rings is 1. The van der Waals surface area contributed by atoms with Crippen LogP contribution >= 0.6 is 11.6 Å². The third kappa shape index (κ3) is 3.43. The average molecular weight is 311 g/mol. The highest BCUT2D eigenvalue weighted by Crippen LogP contribution is 2.34. The van der Waals surface area contributed by atoms with Crippen LogP contribution in [0, 0.1) is 15.9 Å². The minimum Gasteiger partial charge on any atom is -0.364 e. The monoisotopic (exact) mass is 310 g/mol. The third-order valence-corrected chi connectivity index (χ3v) is 2.90. The minimum atomic E-state index is -0.591. The van der Waals surface area contributed by atoms with Gasteiger partial charge in [0.25, 0.3) is 0 Å². The first-order valence-corrected chi connectivity index (χ1v) is 6.60. The van der Waals surface area contributed by atoms with Crippen LogP contribution in [0.2, 0.25) is 5.02 Å². The lowest BCUT2D eigenvalue weighted by molar-refractivity contribution is -0.383. The van der Waals surface area contributed by atoms with Crippen LogP contribution in [-0.2, 0) is 0 Å². The molecule has 110 valence electrons. The Morgan fingerprint density at radius 1 is 1.38 bits per heavy atom. The maximum absolute atomic E-state index is 13.4. The second kappa shape index (κ2) is 6.45. The van der Waals surface area contributed by atoms with E-state index < -0.39 is 10.7 Å². The van der Waals surface area contributed by atoms with E-state index in [9.17, 15) is 14.5 Å². The number of aromatic nitrogens is 2. The summed E-state index contributed by atoms with van der Waals surface area (Å²) in [7, 11) is 0. The molecule has 2 rings (SSSR count). The van der Waals surface area contributed by atoms with Gasteiger partial charge in [-0.05, 0) is 24.6 Å². The van der Waals surface area contributed by atoms with Gasteiger partial charge in [-0.1, -0.05) is 18.5 Å². The maximum Gasteiger partial charge on any atom is 0.337 e. The van der Waals surface area contributed by atoms with E-state index in [2.05, 4.69) is 15.3 Å². The molecule has 1 heterocycles. The van der Waals surface area contributed by atoms with Gasteiger partial charge in [-0.3, -0.25) is 10.1 Å². The first-order valence-electron chi connectivity index (χ1n) is 6.22. The first-order chi connectivity index (χ1) is 10.0. The van der Waals surface area contributed by atoms with E-state index in [-0.39, 0.29) is 27.8 Å². The third-order valence-electron chi connectivity index (χ3n) is 2.68. The molecule has 0 saturated carbocycles. The van der Waals surface area contributed by atoms with Crippen LogP contribution in [0.5, 0.6) is 0 Å². The molecule has 0 unspecified atom stereocenters. The summed E-state index contributed by atoms with van der Waals surface area (Å²) in [6.07, 6.45) is 1.97. The van der Waals surface area contributed by atoms with Crippen LogP contribution in [0.15, 0.2) is 24.5 Å². The summed E-state index contributed by atoms with van der Waals surface area (Å²) in [6, 6.07) is 3.68. The second-order valence-electron chi connectivity index (χ2n) is 4.26. The van der Waals surface area contributed by atoms with Crippen LogP contribution in [0.1, 0.15) is 13.3 Å². The zero-order chi connectivity index (χ0) is 15.4. The van der Waals surface area contributed by atoms with Gasteiger partial charge in [0.15, 0.2) is 5.69 Å². The molecule has 0 fully saturated rings. The summed E-state index contributed by atoms with van der Waals surface area (Å²) in [6.45, 7) is 2.45. The Balaban J connectivity index is 2.59. The topological polar surface area (TPSA) is 81.0 Å². The van der Waals surface area contributed by atoms with Crippen LogP contribution in [-0.4, -0.2) is 21.4 Å². The van der Waals surface area contributed by atoms with Gasteiger partial charge in [-0.25, -0.2) is 14.4 Å². The van der Waals surface area contributed by atoms with Crippen molar-refractivity contribution in [1.29, 1.82) is 0 Å². The number of rotatable bonds is 5. The van der Waals surface area contributed by atoms with Crippen LogP contribution < -0.4 is 5.32 Å². The number of nitrogens with one attached hydrogen (secondary N) is 1. The van der Waals surface area contributed by atoms with E-state index >= 15 is 0 Å². The fourth-order valence-corrected chi connectivity index (χ4v) is 2.05. The highest BCUT2D eigenvalue weighted by molar-refractivity contribution is 6.30. The molecule has 2 aromatic rings. The van der Waals surface area contributed by atoms with E-state index in [4.69, 9.17) is 11.6 Å². The fourth-order valence-electron chi connectivity index (χ4n) is 1.83. The Kier molecular flexibility index (Phi) is 4.64. The fraction of sp³-hybridized carbons (Fsp3) is 0.231. The van der Waals surface area contributed by atoms with E-state index in [0.29, 0.717) is 6.54 Å². The van der Waals surface area contributed by atoms with Crippen molar-refractivity contribution in [3.8, 4) is 11.3 Å². The highest BCUT2D eigenvalue weighted by Gasteiger charge is 2.24. The van der Waals surface area contributed by atoms with E-state index in [1.807, 2.05) is 6.92 Å². The van der Waals surface area contributed by atoms with Gasteiger partial charge in [-0.2, -0.15) is 0 Å². The van der Waals surface area contributed by atoms with Gasteiger partial charge in [-0.15, -0.1) is 0 Å². The Morgan fingerprint density at radius 3 is 2.76 bits per heavy atom. The molecule has 0 amide bonds. The van der Waals surface area contributed by atoms with Crippen LogP contribution in [0.4, 0.5) is 15.9 Å². The number of hydrogen-bond donors (Lipinski definition) is 1. The lowest BCUT2D eigenvalue weighted by atomic mass is 10.1. The van der Waals surface area contributed by atoms with Gasteiger partial charge in [0.1, 0.15) is 12.1 Å². The van der Waals surface area contributed by atoms with Gasteiger partial charge in [0.2, 0.25) is 5.82 Å².